The number of carbonyl (C=O) groups is 2. The van der Waals surface area contributed by atoms with Crippen LogP contribution >= 0.6 is 0 Å². The van der Waals surface area contributed by atoms with Crippen molar-refractivity contribution in [1.29, 1.82) is 0 Å². The Bertz CT molecular complexity index is 375. The van der Waals surface area contributed by atoms with Crippen molar-refractivity contribution in [2.24, 2.45) is 23.5 Å². The molecule has 0 aromatic rings. The lowest BCUT2D eigenvalue weighted by atomic mass is 9.79. The molecule has 21 heavy (non-hydrogen) atoms. The molecule has 0 bridgehead atoms. The van der Waals surface area contributed by atoms with Gasteiger partial charge in [0, 0.05) is 26.2 Å². The van der Waals surface area contributed by atoms with E-state index in [0.29, 0.717) is 31.5 Å². The molecule has 1 aliphatic heterocycles. The highest BCUT2D eigenvalue weighted by Gasteiger charge is 2.29. The van der Waals surface area contributed by atoms with Gasteiger partial charge in [0.2, 0.25) is 5.91 Å². The molecule has 1 saturated heterocycles. The Morgan fingerprint density at radius 2 is 1.86 bits per heavy atom. The van der Waals surface area contributed by atoms with E-state index in [1.807, 2.05) is 0 Å². The van der Waals surface area contributed by atoms with E-state index in [-0.39, 0.29) is 18.4 Å². The van der Waals surface area contributed by atoms with Gasteiger partial charge in [-0.2, -0.15) is 0 Å². The van der Waals surface area contributed by atoms with Gasteiger partial charge in [-0.05, 0) is 37.5 Å². The van der Waals surface area contributed by atoms with Crippen molar-refractivity contribution < 1.29 is 14.7 Å². The number of rotatable bonds is 4. The Morgan fingerprint density at radius 1 is 1.14 bits per heavy atom. The van der Waals surface area contributed by atoms with Crippen LogP contribution in [0.3, 0.4) is 0 Å². The van der Waals surface area contributed by atoms with Crippen LogP contribution in [0.2, 0.25) is 0 Å². The zero-order chi connectivity index (χ0) is 15.2. The summed E-state index contributed by atoms with van der Waals surface area (Å²) in [4.78, 5) is 25.0. The lowest BCUT2D eigenvalue weighted by molar-refractivity contribution is -0.126. The number of hydrogen-bond acceptors (Lipinski definition) is 3. The summed E-state index contributed by atoms with van der Waals surface area (Å²) in [5.74, 6) is 0.557. The molecule has 3 amide bonds. The fraction of sp³-hybridized carbons (Fsp3) is 0.867. The van der Waals surface area contributed by atoms with Crippen molar-refractivity contribution in [3.8, 4) is 0 Å². The van der Waals surface area contributed by atoms with Gasteiger partial charge in [0.15, 0.2) is 0 Å². The second-order valence-electron chi connectivity index (χ2n) is 6.36. The molecule has 1 aliphatic carbocycles. The van der Waals surface area contributed by atoms with E-state index >= 15 is 0 Å². The number of nitrogens with two attached hydrogens (primary N) is 1. The molecule has 6 heteroatoms. The fourth-order valence-electron chi connectivity index (χ4n) is 3.56. The molecule has 0 aromatic heterocycles. The zero-order valence-electron chi connectivity index (χ0n) is 12.6. The molecular weight excluding hydrogens is 270 g/mol. The van der Waals surface area contributed by atoms with E-state index in [1.54, 1.807) is 4.90 Å². The third kappa shape index (κ3) is 4.33. The molecule has 0 spiro atoms. The van der Waals surface area contributed by atoms with E-state index in [9.17, 15) is 14.7 Å². The summed E-state index contributed by atoms with van der Waals surface area (Å²) < 4.78 is 0. The van der Waals surface area contributed by atoms with Gasteiger partial charge in [-0.3, -0.25) is 4.79 Å². The van der Waals surface area contributed by atoms with Gasteiger partial charge in [0.1, 0.15) is 0 Å². The maximum Gasteiger partial charge on any atom is 0.314 e. The lowest BCUT2D eigenvalue weighted by Crippen LogP contribution is -2.48. The molecule has 6 nitrogen and oxygen atoms in total. The minimum atomic E-state index is -0.444. The van der Waals surface area contributed by atoms with Crippen LogP contribution in [0, 0.1) is 17.8 Å². The first kappa shape index (κ1) is 16.1. The van der Waals surface area contributed by atoms with Crippen LogP contribution in [0.5, 0.6) is 0 Å². The van der Waals surface area contributed by atoms with Crippen LogP contribution in [-0.2, 0) is 4.79 Å². The highest BCUT2D eigenvalue weighted by molar-refractivity contribution is 5.80. The van der Waals surface area contributed by atoms with Crippen LogP contribution in [0.1, 0.15) is 38.5 Å². The van der Waals surface area contributed by atoms with Crippen LogP contribution in [0.25, 0.3) is 0 Å². The number of nitrogens with zero attached hydrogens (tertiary/aromatic N) is 1. The number of urea groups is 1. The Hall–Kier alpha value is -1.30. The minimum absolute atomic E-state index is 0.0169. The van der Waals surface area contributed by atoms with Gasteiger partial charge >= 0.3 is 6.03 Å². The molecule has 2 fully saturated rings. The molecule has 0 aromatic carbocycles. The Labute approximate surface area is 126 Å². The summed E-state index contributed by atoms with van der Waals surface area (Å²) in [5.41, 5.74) is 5.28. The summed E-state index contributed by atoms with van der Waals surface area (Å²) in [7, 11) is 0. The second kappa shape index (κ2) is 7.64. The van der Waals surface area contributed by atoms with Crippen LogP contribution in [0.4, 0.5) is 4.79 Å². The highest BCUT2D eigenvalue weighted by atomic mass is 16.3. The predicted octanol–water partition coefficient (Wildman–Crippen LogP) is 0.692. The monoisotopic (exact) mass is 297 g/mol. The summed E-state index contributed by atoms with van der Waals surface area (Å²) in [6.45, 7) is 1.92. The van der Waals surface area contributed by atoms with Crippen LogP contribution in [-0.4, -0.2) is 48.2 Å². The smallest absolute Gasteiger partial charge is 0.314 e. The maximum absolute atomic E-state index is 12.3. The quantitative estimate of drug-likeness (QED) is 0.712. The summed E-state index contributed by atoms with van der Waals surface area (Å²) in [5, 5.41) is 12.4. The van der Waals surface area contributed by atoms with Crippen molar-refractivity contribution in [1.82, 2.24) is 10.2 Å². The number of aliphatic hydroxyl groups is 1. The molecule has 0 radical (unpaired) electrons. The molecule has 4 N–H and O–H groups in total. The average Bonchev–Trinajstić information content (AvgIpc) is 2.52. The van der Waals surface area contributed by atoms with Gasteiger partial charge < -0.3 is 21.1 Å². The number of amides is 3. The van der Waals surface area contributed by atoms with Crippen LogP contribution in [0.15, 0.2) is 0 Å². The van der Waals surface area contributed by atoms with Crippen molar-refractivity contribution in [2.45, 2.75) is 38.5 Å². The average molecular weight is 297 g/mol. The normalized spacial score (nSPS) is 30.0. The molecule has 2 aliphatic rings. The number of carbonyl (C=O) groups excluding carboxylic acids is 2. The van der Waals surface area contributed by atoms with Gasteiger partial charge in [-0.25, -0.2) is 4.79 Å². The summed E-state index contributed by atoms with van der Waals surface area (Å²) in [6.07, 6.45) is 6.11. The zero-order valence-corrected chi connectivity index (χ0v) is 12.6. The Morgan fingerprint density at radius 3 is 2.52 bits per heavy atom. The first-order chi connectivity index (χ1) is 10.1. The summed E-state index contributed by atoms with van der Waals surface area (Å²) in [6, 6.07) is -0.444. The van der Waals surface area contributed by atoms with Crippen molar-refractivity contribution >= 4 is 11.9 Å². The topological polar surface area (TPSA) is 95.7 Å². The first-order valence-corrected chi connectivity index (χ1v) is 8.04. The minimum Gasteiger partial charge on any atom is -0.396 e. The lowest BCUT2D eigenvalue weighted by Gasteiger charge is -2.33. The Kier molecular flexibility index (Phi) is 5.85. The summed E-state index contributed by atoms with van der Waals surface area (Å²) >= 11 is 0. The van der Waals surface area contributed by atoms with E-state index < -0.39 is 6.03 Å². The molecule has 3 unspecified atom stereocenters. The van der Waals surface area contributed by atoms with Gasteiger partial charge in [0.25, 0.3) is 0 Å². The Balaban J connectivity index is 1.79. The fourth-order valence-corrected chi connectivity index (χ4v) is 3.56. The van der Waals surface area contributed by atoms with Gasteiger partial charge in [-0.1, -0.05) is 12.8 Å². The first-order valence-electron chi connectivity index (χ1n) is 8.04. The van der Waals surface area contributed by atoms with E-state index in [4.69, 9.17) is 5.73 Å². The predicted molar refractivity (Wildman–Crippen MR) is 79.4 cm³/mol. The molecular formula is C15H27N3O3. The number of nitrogens with one attached hydrogen (secondary N) is 1. The van der Waals surface area contributed by atoms with Gasteiger partial charge in [-0.15, -0.1) is 0 Å². The molecule has 3 atom stereocenters. The molecule has 120 valence electrons. The van der Waals surface area contributed by atoms with E-state index in [1.165, 1.54) is 12.8 Å². The van der Waals surface area contributed by atoms with Gasteiger partial charge in [0.05, 0.1) is 5.92 Å². The van der Waals surface area contributed by atoms with Crippen molar-refractivity contribution in [3.63, 3.8) is 0 Å². The number of hydrogen-bond donors (Lipinski definition) is 3. The largest absolute Gasteiger partial charge is 0.396 e. The van der Waals surface area contributed by atoms with Crippen molar-refractivity contribution in [2.75, 3.05) is 26.2 Å². The number of primary amides is 1. The second-order valence-corrected chi connectivity index (χ2v) is 6.36. The molecule has 1 heterocycles. The molecule has 2 rings (SSSR count). The third-order valence-corrected chi connectivity index (χ3v) is 4.94. The van der Waals surface area contributed by atoms with Crippen LogP contribution < -0.4 is 11.1 Å². The van der Waals surface area contributed by atoms with Crippen molar-refractivity contribution in [3.05, 3.63) is 0 Å². The highest BCUT2D eigenvalue weighted by Crippen LogP contribution is 2.29. The SMILES string of the molecule is NC(=O)N1CCCC(C(=O)NCC2CCCCC2CO)C1. The molecule has 1 saturated carbocycles. The maximum atomic E-state index is 12.3. The number of aliphatic hydroxyl groups excluding tert-OH is 1. The standard InChI is InChI=1S/C15H27N3O3/c16-15(21)18-7-3-6-12(9-18)14(20)17-8-11-4-1-2-5-13(11)10-19/h11-13,19H,1-10H2,(H2,16,21)(H,17,20). The third-order valence-electron chi connectivity index (χ3n) is 4.94. The number of piperidine rings is 1. The van der Waals surface area contributed by atoms with E-state index in [0.717, 1.165) is 25.7 Å². The van der Waals surface area contributed by atoms with E-state index in [2.05, 4.69) is 5.32 Å². The number of likely N-dealkylation sites (tertiary alicyclic amines) is 1.